The third-order valence-corrected chi connectivity index (χ3v) is 5.04. The molecular formula is C22H20N2O3S. The SMILES string of the molecule is Cc1ccccc1C(=O)Nc1ccc(NC(=O)CSc2ccccc2)cc1O. The Morgan fingerprint density at radius 1 is 0.929 bits per heavy atom. The number of hydrogen-bond donors (Lipinski definition) is 3. The van der Waals surface area contributed by atoms with E-state index in [4.69, 9.17) is 0 Å². The third-order valence-electron chi connectivity index (χ3n) is 4.03. The molecule has 0 saturated carbocycles. The second-order valence-electron chi connectivity index (χ2n) is 6.15. The number of hydrogen-bond acceptors (Lipinski definition) is 4. The highest BCUT2D eigenvalue weighted by molar-refractivity contribution is 8.00. The van der Waals surface area contributed by atoms with Crippen LogP contribution in [-0.2, 0) is 4.79 Å². The summed E-state index contributed by atoms with van der Waals surface area (Å²) in [7, 11) is 0. The van der Waals surface area contributed by atoms with E-state index in [0.717, 1.165) is 10.5 Å². The normalized spacial score (nSPS) is 10.3. The van der Waals surface area contributed by atoms with E-state index in [1.54, 1.807) is 24.3 Å². The lowest BCUT2D eigenvalue weighted by atomic mass is 10.1. The number of carbonyl (C=O) groups excluding carboxylic acids is 2. The summed E-state index contributed by atoms with van der Waals surface area (Å²) in [6, 6.07) is 21.5. The van der Waals surface area contributed by atoms with Crippen molar-refractivity contribution in [3.63, 3.8) is 0 Å². The van der Waals surface area contributed by atoms with Crippen LogP contribution in [0, 0.1) is 6.92 Å². The van der Waals surface area contributed by atoms with Crippen molar-refractivity contribution in [2.75, 3.05) is 16.4 Å². The molecule has 0 saturated heterocycles. The standard InChI is InChI=1S/C22H20N2O3S/c1-15-7-5-6-10-18(15)22(27)24-19-12-11-16(13-20(19)25)23-21(26)14-28-17-8-3-2-4-9-17/h2-13,25H,14H2,1H3,(H,23,26)(H,24,27). The summed E-state index contributed by atoms with van der Waals surface area (Å²) < 4.78 is 0. The fraction of sp³-hybridized carbons (Fsp3) is 0.0909. The number of thioether (sulfide) groups is 1. The summed E-state index contributed by atoms with van der Waals surface area (Å²) in [6.07, 6.45) is 0. The number of rotatable bonds is 6. The van der Waals surface area contributed by atoms with E-state index in [1.165, 1.54) is 17.8 Å². The van der Waals surface area contributed by atoms with Gasteiger partial charge in [0.25, 0.3) is 5.91 Å². The fourth-order valence-electron chi connectivity index (χ4n) is 2.60. The number of benzene rings is 3. The number of aryl methyl sites for hydroxylation is 1. The number of phenolic OH excluding ortho intramolecular Hbond substituents is 1. The number of aromatic hydroxyl groups is 1. The highest BCUT2D eigenvalue weighted by Crippen LogP contribution is 2.28. The van der Waals surface area contributed by atoms with Gasteiger partial charge >= 0.3 is 0 Å². The van der Waals surface area contributed by atoms with Crippen molar-refractivity contribution in [3.05, 3.63) is 83.9 Å². The van der Waals surface area contributed by atoms with E-state index in [2.05, 4.69) is 10.6 Å². The molecule has 0 bridgehead atoms. The monoisotopic (exact) mass is 392 g/mol. The molecule has 3 aromatic rings. The van der Waals surface area contributed by atoms with E-state index in [1.807, 2.05) is 49.4 Å². The smallest absolute Gasteiger partial charge is 0.256 e. The first-order valence-electron chi connectivity index (χ1n) is 8.70. The van der Waals surface area contributed by atoms with Crippen LogP contribution in [0.15, 0.2) is 77.7 Å². The van der Waals surface area contributed by atoms with Crippen LogP contribution in [0.3, 0.4) is 0 Å². The fourth-order valence-corrected chi connectivity index (χ4v) is 3.31. The van der Waals surface area contributed by atoms with Crippen molar-refractivity contribution in [2.45, 2.75) is 11.8 Å². The number of nitrogens with one attached hydrogen (secondary N) is 2. The molecular weight excluding hydrogens is 372 g/mol. The molecule has 3 N–H and O–H groups in total. The third kappa shape index (κ3) is 5.14. The number of anilines is 2. The van der Waals surface area contributed by atoms with E-state index in [0.29, 0.717) is 11.3 Å². The van der Waals surface area contributed by atoms with Gasteiger partial charge in [-0.15, -0.1) is 11.8 Å². The van der Waals surface area contributed by atoms with Gasteiger partial charge in [-0.3, -0.25) is 9.59 Å². The lowest BCUT2D eigenvalue weighted by Crippen LogP contribution is -2.15. The summed E-state index contributed by atoms with van der Waals surface area (Å²) in [5.41, 5.74) is 2.13. The number of carbonyl (C=O) groups is 2. The van der Waals surface area contributed by atoms with Crippen LogP contribution >= 0.6 is 11.8 Å². The van der Waals surface area contributed by atoms with Crippen LogP contribution in [0.5, 0.6) is 5.75 Å². The average Bonchev–Trinajstić information content (AvgIpc) is 2.69. The second-order valence-corrected chi connectivity index (χ2v) is 7.20. The second kappa shape index (κ2) is 9.10. The van der Waals surface area contributed by atoms with Gasteiger partial charge < -0.3 is 15.7 Å². The van der Waals surface area contributed by atoms with Crippen molar-refractivity contribution in [1.29, 1.82) is 0 Å². The lowest BCUT2D eigenvalue weighted by molar-refractivity contribution is -0.113. The minimum absolute atomic E-state index is 0.115. The van der Waals surface area contributed by atoms with Crippen molar-refractivity contribution < 1.29 is 14.7 Å². The molecule has 0 unspecified atom stereocenters. The maximum absolute atomic E-state index is 12.4. The first-order valence-corrected chi connectivity index (χ1v) is 9.69. The highest BCUT2D eigenvalue weighted by atomic mass is 32.2. The zero-order valence-corrected chi connectivity index (χ0v) is 16.1. The van der Waals surface area contributed by atoms with Crippen LogP contribution in [0.4, 0.5) is 11.4 Å². The molecule has 0 heterocycles. The largest absolute Gasteiger partial charge is 0.506 e. The topological polar surface area (TPSA) is 78.4 Å². The Morgan fingerprint density at radius 3 is 2.36 bits per heavy atom. The van der Waals surface area contributed by atoms with Crippen LogP contribution in [0.2, 0.25) is 0 Å². The van der Waals surface area contributed by atoms with Gasteiger partial charge in [-0.05, 0) is 42.8 Å². The summed E-state index contributed by atoms with van der Waals surface area (Å²) in [4.78, 5) is 25.5. The molecule has 28 heavy (non-hydrogen) atoms. The molecule has 0 fully saturated rings. The number of phenols is 1. The van der Waals surface area contributed by atoms with Gasteiger partial charge in [-0.1, -0.05) is 36.4 Å². The Hall–Kier alpha value is -3.25. The predicted molar refractivity (Wildman–Crippen MR) is 113 cm³/mol. The maximum Gasteiger partial charge on any atom is 0.256 e. The van der Waals surface area contributed by atoms with Gasteiger partial charge in [0, 0.05) is 22.2 Å². The Labute approximate surface area is 167 Å². The summed E-state index contributed by atoms with van der Waals surface area (Å²) in [6.45, 7) is 1.85. The minimum atomic E-state index is -0.301. The minimum Gasteiger partial charge on any atom is -0.506 e. The van der Waals surface area contributed by atoms with Crippen molar-refractivity contribution in [2.24, 2.45) is 0 Å². The van der Waals surface area contributed by atoms with Gasteiger partial charge in [0.15, 0.2) is 0 Å². The van der Waals surface area contributed by atoms with Gasteiger partial charge in [0.2, 0.25) is 5.91 Å². The molecule has 0 aliphatic rings. The molecule has 0 aromatic heterocycles. The van der Waals surface area contributed by atoms with Crippen LogP contribution in [0.25, 0.3) is 0 Å². The predicted octanol–water partition coefficient (Wildman–Crippen LogP) is 4.68. The van der Waals surface area contributed by atoms with Crippen molar-refractivity contribution >= 4 is 35.0 Å². The quantitative estimate of drug-likeness (QED) is 0.420. The van der Waals surface area contributed by atoms with Crippen LogP contribution in [0.1, 0.15) is 15.9 Å². The van der Waals surface area contributed by atoms with Gasteiger partial charge in [0.1, 0.15) is 5.75 Å². The first kappa shape index (κ1) is 19.5. The maximum atomic E-state index is 12.4. The summed E-state index contributed by atoms with van der Waals surface area (Å²) in [5.74, 6) is -0.332. The van der Waals surface area contributed by atoms with Crippen molar-refractivity contribution in [3.8, 4) is 5.75 Å². The highest BCUT2D eigenvalue weighted by Gasteiger charge is 2.12. The van der Waals surface area contributed by atoms with Gasteiger partial charge in [0.05, 0.1) is 11.4 Å². The molecule has 0 aliphatic heterocycles. The first-order chi connectivity index (χ1) is 13.5. The molecule has 3 rings (SSSR count). The molecule has 2 amide bonds. The molecule has 142 valence electrons. The van der Waals surface area contributed by atoms with Crippen LogP contribution < -0.4 is 10.6 Å². The van der Waals surface area contributed by atoms with E-state index >= 15 is 0 Å². The summed E-state index contributed by atoms with van der Waals surface area (Å²) in [5, 5.41) is 15.6. The van der Waals surface area contributed by atoms with Crippen LogP contribution in [-0.4, -0.2) is 22.7 Å². The Balaban J connectivity index is 1.60. The van der Waals surface area contributed by atoms with Crippen molar-refractivity contribution in [1.82, 2.24) is 0 Å². The Kier molecular flexibility index (Phi) is 6.34. The molecule has 0 spiro atoms. The summed E-state index contributed by atoms with van der Waals surface area (Å²) >= 11 is 1.43. The van der Waals surface area contributed by atoms with Gasteiger partial charge in [-0.25, -0.2) is 0 Å². The zero-order chi connectivity index (χ0) is 19.9. The van der Waals surface area contributed by atoms with E-state index < -0.39 is 0 Å². The van der Waals surface area contributed by atoms with Gasteiger partial charge in [-0.2, -0.15) is 0 Å². The van der Waals surface area contributed by atoms with E-state index in [-0.39, 0.29) is 29.0 Å². The molecule has 3 aromatic carbocycles. The molecule has 0 atom stereocenters. The number of amides is 2. The Morgan fingerprint density at radius 2 is 1.64 bits per heavy atom. The molecule has 0 radical (unpaired) electrons. The van der Waals surface area contributed by atoms with E-state index in [9.17, 15) is 14.7 Å². The Bertz CT molecular complexity index is 990. The lowest BCUT2D eigenvalue weighted by Gasteiger charge is -2.11. The average molecular weight is 392 g/mol. The molecule has 0 aliphatic carbocycles. The molecule has 5 nitrogen and oxygen atoms in total. The zero-order valence-electron chi connectivity index (χ0n) is 15.3. The molecule has 6 heteroatoms.